The summed E-state index contributed by atoms with van der Waals surface area (Å²) < 4.78 is 6.21. The second-order valence-electron chi connectivity index (χ2n) is 6.29. The highest BCUT2D eigenvalue weighted by Gasteiger charge is 2.29. The normalized spacial score (nSPS) is 22.1. The molecule has 0 amide bonds. The minimum atomic E-state index is -0.988. The zero-order valence-electron chi connectivity index (χ0n) is 13.7. The van der Waals surface area contributed by atoms with Crippen LogP contribution in [0.1, 0.15) is 50.5 Å². The number of carboxylic acid groups (broad SMARTS) is 1. The number of anilines is 1. The van der Waals surface area contributed by atoms with Crippen LogP contribution in [0, 0.1) is 5.92 Å². The average Bonchev–Trinajstić information content (AvgIpc) is 2.52. The van der Waals surface area contributed by atoms with E-state index in [1.54, 1.807) is 12.3 Å². The number of carboxylic acids is 1. The van der Waals surface area contributed by atoms with E-state index < -0.39 is 5.97 Å². The highest BCUT2D eigenvalue weighted by Crippen LogP contribution is 2.25. The Kier molecular flexibility index (Phi) is 5.77. The van der Waals surface area contributed by atoms with E-state index in [1.165, 1.54) is 0 Å². The van der Waals surface area contributed by atoms with Crippen molar-refractivity contribution >= 4 is 11.7 Å². The van der Waals surface area contributed by atoms with Crippen molar-refractivity contribution in [3.05, 3.63) is 24.0 Å². The fourth-order valence-corrected chi connectivity index (χ4v) is 2.77. The van der Waals surface area contributed by atoms with Crippen molar-refractivity contribution in [3.63, 3.8) is 0 Å². The van der Waals surface area contributed by atoms with Gasteiger partial charge in [0, 0.05) is 25.0 Å². The van der Waals surface area contributed by atoms with Gasteiger partial charge in [-0.3, -0.25) is 0 Å². The summed E-state index contributed by atoms with van der Waals surface area (Å²) in [6.45, 7) is 8.12. The summed E-state index contributed by atoms with van der Waals surface area (Å²) in [5.41, 5.74) is 1.01. The number of carbonyl (C=O) groups is 1. The lowest BCUT2D eigenvalue weighted by Gasteiger charge is -2.41. The van der Waals surface area contributed by atoms with Crippen LogP contribution in [-0.2, 0) is 4.74 Å². The predicted octanol–water partition coefficient (Wildman–Crippen LogP) is 3.20. The molecule has 1 aromatic heterocycles. The molecule has 1 aliphatic heterocycles. The first kappa shape index (κ1) is 16.7. The van der Waals surface area contributed by atoms with Gasteiger partial charge < -0.3 is 14.7 Å². The number of pyridine rings is 1. The maximum absolute atomic E-state index is 11.1. The zero-order chi connectivity index (χ0) is 16.1. The fraction of sp³-hybridized carbons (Fsp3) is 0.647. The smallest absolute Gasteiger partial charge is 0.354 e. The first-order valence-corrected chi connectivity index (χ1v) is 8.11. The van der Waals surface area contributed by atoms with Crippen LogP contribution in [-0.4, -0.2) is 41.4 Å². The Bertz CT molecular complexity index is 504. The summed E-state index contributed by atoms with van der Waals surface area (Å²) in [5.74, 6) is -0.550. The molecule has 0 aromatic carbocycles. The number of hydrogen-bond acceptors (Lipinski definition) is 4. The molecule has 1 fully saturated rings. The van der Waals surface area contributed by atoms with Crippen LogP contribution in [0.4, 0.5) is 5.69 Å². The summed E-state index contributed by atoms with van der Waals surface area (Å²) in [6.07, 6.45) is 5.32. The zero-order valence-corrected chi connectivity index (χ0v) is 13.7. The fourth-order valence-electron chi connectivity index (χ4n) is 2.77. The molecule has 0 radical (unpaired) electrons. The first-order chi connectivity index (χ1) is 10.5. The van der Waals surface area contributed by atoms with Gasteiger partial charge in [0.15, 0.2) is 0 Å². The first-order valence-electron chi connectivity index (χ1n) is 8.11. The third-order valence-electron chi connectivity index (χ3n) is 4.14. The maximum atomic E-state index is 11.1. The molecular formula is C17H26N2O3. The van der Waals surface area contributed by atoms with E-state index in [0.29, 0.717) is 5.92 Å². The molecule has 5 nitrogen and oxygen atoms in total. The molecule has 2 rings (SSSR count). The van der Waals surface area contributed by atoms with Gasteiger partial charge in [0.1, 0.15) is 5.69 Å². The number of rotatable bonds is 6. The molecule has 1 aromatic rings. The van der Waals surface area contributed by atoms with E-state index in [0.717, 1.165) is 38.0 Å². The Hall–Kier alpha value is -1.62. The standard InChI is InChI=1S/C17H26N2O3/c1-4-5-6-14-10-19(11-16(22-14)12(2)3)13-7-8-18-15(9-13)17(20)21/h7-9,12,14,16H,4-6,10-11H2,1-3H3,(H,20,21)/t14-,16-/m1/s1. The average molecular weight is 306 g/mol. The van der Waals surface area contributed by atoms with Gasteiger partial charge in [0.25, 0.3) is 0 Å². The number of nitrogens with zero attached hydrogens (tertiary/aromatic N) is 2. The van der Waals surface area contributed by atoms with Gasteiger partial charge >= 0.3 is 5.97 Å². The molecule has 1 aliphatic rings. The molecule has 122 valence electrons. The molecule has 0 saturated carbocycles. The monoisotopic (exact) mass is 306 g/mol. The Labute approximate surface area is 132 Å². The van der Waals surface area contributed by atoms with Gasteiger partial charge in [-0.25, -0.2) is 9.78 Å². The van der Waals surface area contributed by atoms with E-state index >= 15 is 0 Å². The molecule has 22 heavy (non-hydrogen) atoms. The summed E-state index contributed by atoms with van der Waals surface area (Å²) in [4.78, 5) is 17.2. The Morgan fingerprint density at radius 1 is 1.50 bits per heavy atom. The molecule has 2 atom stereocenters. The van der Waals surface area contributed by atoms with E-state index in [4.69, 9.17) is 9.84 Å². The van der Waals surface area contributed by atoms with Crippen molar-refractivity contribution in [2.75, 3.05) is 18.0 Å². The molecule has 2 heterocycles. The van der Waals surface area contributed by atoms with Gasteiger partial charge in [-0.05, 0) is 24.5 Å². The molecule has 0 aliphatic carbocycles. The van der Waals surface area contributed by atoms with Gasteiger partial charge in [0.05, 0.1) is 12.2 Å². The van der Waals surface area contributed by atoms with Crippen LogP contribution in [0.15, 0.2) is 18.3 Å². The molecule has 5 heteroatoms. The van der Waals surface area contributed by atoms with Crippen molar-refractivity contribution in [1.82, 2.24) is 4.98 Å². The quantitative estimate of drug-likeness (QED) is 0.874. The van der Waals surface area contributed by atoms with E-state index in [9.17, 15) is 4.79 Å². The van der Waals surface area contributed by atoms with Crippen molar-refractivity contribution < 1.29 is 14.6 Å². The third kappa shape index (κ3) is 4.19. The lowest BCUT2D eigenvalue weighted by molar-refractivity contribution is -0.0519. The van der Waals surface area contributed by atoms with Crippen molar-refractivity contribution in [2.24, 2.45) is 5.92 Å². The van der Waals surface area contributed by atoms with Crippen LogP contribution >= 0.6 is 0 Å². The number of aromatic nitrogens is 1. The molecule has 0 bridgehead atoms. The van der Waals surface area contributed by atoms with Crippen molar-refractivity contribution in [3.8, 4) is 0 Å². The summed E-state index contributed by atoms with van der Waals surface area (Å²) in [5, 5.41) is 9.11. The predicted molar refractivity (Wildman–Crippen MR) is 86.4 cm³/mol. The molecular weight excluding hydrogens is 280 g/mol. The van der Waals surface area contributed by atoms with Crippen LogP contribution in [0.25, 0.3) is 0 Å². The second-order valence-corrected chi connectivity index (χ2v) is 6.29. The van der Waals surface area contributed by atoms with Gasteiger partial charge in [0.2, 0.25) is 0 Å². The number of morpholine rings is 1. The highest BCUT2D eigenvalue weighted by molar-refractivity contribution is 5.86. The Morgan fingerprint density at radius 2 is 2.27 bits per heavy atom. The number of ether oxygens (including phenoxy) is 1. The summed E-state index contributed by atoms with van der Waals surface area (Å²) in [7, 11) is 0. The maximum Gasteiger partial charge on any atom is 0.354 e. The SMILES string of the molecule is CCCC[C@@H]1CN(c2ccnc(C(=O)O)c2)C[C@H](C(C)C)O1. The summed E-state index contributed by atoms with van der Waals surface area (Å²) >= 11 is 0. The topological polar surface area (TPSA) is 62.7 Å². The summed E-state index contributed by atoms with van der Waals surface area (Å²) in [6, 6.07) is 3.54. The number of hydrogen-bond donors (Lipinski definition) is 1. The van der Waals surface area contributed by atoms with Crippen molar-refractivity contribution in [1.29, 1.82) is 0 Å². The van der Waals surface area contributed by atoms with Gasteiger partial charge in [-0.1, -0.05) is 33.6 Å². The van der Waals surface area contributed by atoms with E-state index in [1.807, 2.05) is 6.07 Å². The second kappa shape index (κ2) is 7.58. The lowest BCUT2D eigenvalue weighted by Crippen LogP contribution is -2.49. The third-order valence-corrected chi connectivity index (χ3v) is 4.14. The van der Waals surface area contributed by atoms with Crippen LogP contribution in [0.5, 0.6) is 0 Å². The molecule has 0 unspecified atom stereocenters. The van der Waals surface area contributed by atoms with Crippen LogP contribution in [0.3, 0.4) is 0 Å². The number of aromatic carboxylic acids is 1. The largest absolute Gasteiger partial charge is 0.477 e. The lowest BCUT2D eigenvalue weighted by atomic mass is 10.0. The number of unbranched alkanes of at least 4 members (excludes halogenated alkanes) is 1. The van der Waals surface area contributed by atoms with E-state index in [2.05, 4.69) is 30.7 Å². The van der Waals surface area contributed by atoms with Gasteiger partial charge in [-0.15, -0.1) is 0 Å². The minimum absolute atomic E-state index is 0.0928. The van der Waals surface area contributed by atoms with Crippen LogP contribution in [0.2, 0.25) is 0 Å². The van der Waals surface area contributed by atoms with E-state index in [-0.39, 0.29) is 17.9 Å². The molecule has 1 saturated heterocycles. The minimum Gasteiger partial charge on any atom is -0.477 e. The Balaban J connectivity index is 2.16. The Morgan fingerprint density at radius 3 is 2.91 bits per heavy atom. The molecule has 0 spiro atoms. The van der Waals surface area contributed by atoms with Crippen LogP contribution < -0.4 is 4.90 Å². The molecule has 1 N–H and O–H groups in total. The highest BCUT2D eigenvalue weighted by atomic mass is 16.5. The van der Waals surface area contributed by atoms with Crippen molar-refractivity contribution in [2.45, 2.75) is 52.2 Å². The van der Waals surface area contributed by atoms with Gasteiger partial charge in [-0.2, -0.15) is 0 Å².